The summed E-state index contributed by atoms with van der Waals surface area (Å²) in [5.41, 5.74) is 2.23. The molecule has 2 aliphatic rings. The van der Waals surface area contributed by atoms with E-state index in [9.17, 15) is 4.79 Å². The number of hydrogen-bond acceptors (Lipinski definition) is 5. The summed E-state index contributed by atoms with van der Waals surface area (Å²) in [4.78, 5) is 23.3. The summed E-state index contributed by atoms with van der Waals surface area (Å²) in [5.74, 6) is 2.20. The van der Waals surface area contributed by atoms with Crippen molar-refractivity contribution in [3.8, 4) is 0 Å². The lowest BCUT2D eigenvalue weighted by atomic mass is 9.85. The average Bonchev–Trinajstić information content (AvgIpc) is 3.23. The van der Waals surface area contributed by atoms with Crippen molar-refractivity contribution in [2.45, 2.75) is 51.5 Å². The van der Waals surface area contributed by atoms with Gasteiger partial charge in [0.25, 0.3) is 0 Å². The Balaban J connectivity index is 1.31. The van der Waals surface area contributed by atoms with Crippen molar-refractivity contribution in [1.29, 1.82) is 0 Å². The van der Waals surface area contributed by atoms with Crippen LogP contribution in [0.2, 0.25) is 0 Å². The van der Waals surface area contributed by atoms with Crippen LogP contribution >= 0.6 is 0 Å². The molecular weight excluding hydrogens is 350 g/mol. The topological polar surface area (TPSA) is 70.2 Å². The quantitative estimate of drug-likeness (QED) is 0.818. The van der Waals surface area contributed by atoms with Gasteiger partial charge >= 0.3 is 0 Å². The van der Waals surface area contributed by atoms with Gasteiger partial charge in [0.2, 0.25) is 5.91 Å². The fourth-order valence-corrected chi connectivity index (χ4v) is 4.26. The summed E-state index contributed by atoms with van der Waals surface area (Å²) in [6, 6.07) is 10.5. The van der Waals surface area contributed by atoms with E-state index in [1.807, 2.05) is 18.2 Å². The van der Waals surface area contributed by atoms with E-state index in [2.05, 4.69) is 44.6 Å². The monoisotopic (exact) mass is 379 g/mol. The first kappa shape index (κ1) is 18.7. The lowest BCUT2D eigenvalue weighted by Gasteiger charge is -2.31. The number of aromatic nitrogens is 2. The first-order valence-corrected chi connectivity index (χ1v) is 10.4. The number of nitrogens with zero attached hydrogens (tertiary/aromatic N) is 3. The number of likely N-dealkylation sites (tertiary alicyclic amines) is 1. The zero-order valence-electron chi connectivity index (χ0n) is 16.5. The number of nitrogens with one attached hydrogen (secondary N) is 2. The largest absolute Gasteiger partial charge is 0.367 e. The van der Waals surface area contributed by atoms with Crippen molar-refractivity contribution in [1.82, 2.24) is 14.9 Å². The van der Waals surface area contributed by atoms with Crippen LogP contribution in [0.3, 0.4) is 0 Å². The van der Waals surface area contributed by atoms with Crippen molar-refractivity contribution < 1.29 is 4.79 Å². The molecule has 0 unspecified atom stereocenters. The molecule has 28 heavy (non-hydrogen) atoms. The molecule has 1 aliphatic heterocycles. The molecule has 0 bridgehead atoms. The fourth-order valence-electron chi connectivity index (χ4n) is 4.26. The minimum absolute atomic E-state index is 0.208. The van der Waals surface area contributed by atoms with Crippen LogP contribution in [0.4, 0.5) is 17.3 Å². The Morgan fingerprint density at radius 2 is 1.79 bits per heavy atom. The molecule has 1 aromatic carbocycles. The predicted molar refractivity (Wildman–Crippen MR) is 112 cm³/mol. The number of carbonyl (C=O) groups is 1. The first-order valence-electron chi connectivity index (χ1n) is 10.4. The highest BCUT2D eigenvalue weighted by Gasteiger charge is 2.30. The third-order valence-corrected chi connectivity index (χ3v) is 5.80. The standard InChI is InChI=1S/C22H29N5O/c1-16-5-4-6-19(13-16)26-21-14-20(23-15-24-21)25-18-9-7-17(8-10-18)22(28)27-11-2-3-12-27/h4-6,13-15,17-18H,2-3,7-12H2,1H3,(H2,23,24,25,26). The van der Waals surface area contributed by atoms with Gasteiger partial charge in [0.15, 0.2) is 0 Å². The minimum atomic E-state index is 0.208. The summed E-state index contributed by atoms with van der Waals surface area (Å²) in [6.07, 6.45) is 7.86. The van der Waals surface area contributed by atoms with Crippen LogP contribution in [-0.2, 0) is 4.79 Å². The van der Waals surface area contributed by atoms with Gasteiger partial charge in [-0.2, -0.15) is 0 Å². The second-order valence-electron chi connectivity index (χ2n) is 8.01. The van der Waals surface area contributed by atoms with E-state index >= 15 is 0 Å². The minimum Gasteiger partial charge on any atom is -0.367 e. The second kappa shape index (κ2) is 8.59. The van der Waals surface area contributed by atoms with Crippen LogP contribution in [0.15, 0.2) is 36.7 Å². The number of carbonyl (C=O) groups excluding carboxylic acids is 1. The average molecular weight is 380 g/mol. The predicted octanol–water partition coefficient (Wildman–Crippen LogP) is 4.12. The fraction of sp³-hybridized carbons (Fsp3) is 0.500. The molecule has 1 aromatic heterocycles. The van der Waals surface area contributed by atoms with Crippen molar-refractivity contribution in [2.24, 2.45) is 5.92 Å². The summed E-state index contributed by atoms with van der Waals surface area (Å²) in [5, 5.41) is 6.87. The Bertz CT molecular complexity index is 810. The van der Waals surface area contributed by atoms with Crippen molar-refractivity contribution >= 4 is 23.2 Å². The first-order chi connectivity index (χ1) is 13.7. The molecule has 1 saturated heterocycles. The zero-order chi connectivity index (χ0) is 19.3. The normalized spacial score (nSPS) is 22.1. The van der Waals surface area contributed by atoms with Crippen LogP contribution in [0.1, 0.15) is 44.1 Å². The number of aryl methyl sites for hydroxylation is 1. The molecule has 0 radical (unpaired) electrons. The van der Waals surface area contributed by atoms with Gasteiger partial charge in [0.05, 0.1) is 0 Å². The van der Waals surface area contributed by atoms with Crippen molar-refractivity contribution in [3.63, 3.8) is 0 Å². The van der Waals surface area contributed by atoms with Gasteiger partial charge < -0.3 is 15.5 Å². The lowest BCUT2D eigenvalue weighted by molar-refractivity contribution is -0.135. The van der Waals surface area contributed by atoms with Gasteiger partial charge in [0.1, 0.15) is 18.0 Å². The highest BCUT2D eigenvalue weighted by Crippen LogP contribution is 2.29. The van der Waals surface area contributed by atoms with Crippen LogP contribution in [0.5, 0.6) is 0 Å². The highest BCUT2D eigenvalue weighted by atomic mass is 16.2. The van der Waals surface area contributed by atoms with E-state index in [0.29, 0.717) is 11.9 Å². The molecule has 4 rings (SSSR count). The Morgan fingerprint density at radius 3 is 2.54 bits per heavy atom. The van der Waals surface area contributed by atoms with Crippen LogP contribution in [0, 0.1) is 12.8 Å². The summed E-state index contributed by atoms with van der Waals surface area (Å²) >= 11 is 0. The Morgan fingerprint density at radius 1 is 1.04 bits per heavy atom. The molecule has 2 N–H and O–H groups in total. The zero-order valence-corrected chi connectivity index (χ0v) is 16.5. The molecular formula is C22H29N5O. The van der Waals surface area contributed by atoms with Gasteiger partial charge in [-0.05, 0) is 63.1 Å². The maximum absolute atomic E-state index is 12.6. The van der Waals surface area contributed by atoms with Crippen molar-refractivity contribution in [2.75, 3.05) is 23.7 Å². The number of rotatable bonds is 5. The SMILES string of the molecule is Cc1cccc(Nc2cc(NC3CCC(C(=O)N4CCCC4)CC3)ncn2)c1. The van der Waals surface area contributed by atoms with Crippen molar-refractivity contribution in [3.05, 3.63) is 42.2 Å². The summed E-state index contributed by atoms with van der Waals surface area (Å²) < 4.78 is 0. The molecule has 6 nitrogen and oxygen atoms in total. The van der Waals surface area contributed by atoms with Gasteiger partial charge in [-0.3, -0.25) is 4.79 Å². The third kappa shape index (κ3) is 4.61. The van der Waals surface area contributed by atoms with Crippen LogP contribution in [-0.4, -0.2) is 39.9 Å². The number of benzene rings is 1. The second-order valence-corrected chi connectivity index (χ2v) is 8.01. The van der Waals surface area contributed by atoms with Gasteiger partial charge in [-0.15, -0.1) is 0 Å². The lowest BCUT2D eigenvalue weighted by Crippen LogP contribution is -2.37. The van der Waals surface area contributed by atoms with Crippen LogP contribution < -0.4 is 10.6 Å². The Kier molecular flexibility index (Phi) is 5.74. The number of anilines is 3. The van der Waals surface area contributed by atoms with Gasteiger partial charge in [-0.25, -0.2) is 9.97 Å². The van der Waals surface area contributed by atoms with Gasteiger partial charge in [0, 0.05) is 36.8 Å². The molecule has 0 atom stereocenters. The van der Waals surface area contributed by atoms with E-state index in [0.717, 1.165) is 68.9 Å². The smallest absolute Gasteiger partial charge is 0.225 e. The Hall–Kier alpha value is -2.63. The molecule has 148 valence electrons. The highest BCUT2D eigenvalue weighted by molar-refractivity contribution is 5.79. The summed E-state index contributed by atoms with van der Waals surface area (Å²) in [6.45, 7) is 3.98. The Labute approximate surface area is 166 Å². The summed E-state index contributed by atoms with van der Waals surface area (Å²) in [7, 11) is 0. The van der Waals surface area contributed by atoms with E-state index < -0.39 is 0 Å². The molecule has 6 heteroatoms. The molecule has 1 saturated carbocycles. The molecule has 2 aromatic rings. The number of amides is 1. The van der Waals surface area contributed by atoms with Crippen LogP contribution in [0.25, 0.3) is 0 Å². The van der Waals surface area contributed by atoms with E-state index in [4.69, 9.17) is 0 Å². The molecule has 2 fully saturated rings. The maximum Gasteiger partial charge on any atom is 0.225 e. The van der Waals surface area contributed by atoms with E-state index in [1.54, 1.807) is 6.33 Å². The number of hydrogen-bond donors (Lipinski definition) is 2. The van der Waals surface area contributed by atoms with E-state index in [1.165, 1.54) is 5.56 Å². The van der Waals surface area contributed by atoms with Gasteiger partial charge in [-0.1, -0.05) is 12.1 Å². The molecule has 2 heterocycles. The maximum atomic E-state index is 12.6. The molecule has 1 amide bonds. The molecule has 0 spiro atoms. The van der Waals surface area contributed by atoms with E-state index in [-0.39, 0.29) is 5.92 Å². The third-order valence-electron chi connectivity index (χ3n) is 5.80. The molecule has 1 aliphatic carbocycles.